The summed E-state index contributed by atoms with van der Waals surface area (Å²) in [4.78, 5) is 38.0. The van der Waals surface area contributed by atoms with Crippen molar-refractivity contribution < 1.29 is 28.6 Å². The Hall–Kier alpha value is -5.49. The van der Waals surface area contributed by atoms with Gasteiger partial charge in [-0.05, 0) is 77.0 Å². The number of ether oxygens (including phenoxy) is 3. The molecule has 0 N–H and O–H groups in total. The Morgan fingerprint density at radius 1 is 0.309 bits per heavy atom. The molecule has 0 aliphatic carbocycles. The fourth-order valence-electron chi connectivity index (χ4n) is 6.16. The average molecular weight is 931 g/mol. The Morgan fingerprint density at radius 2 is 0.588 bits per heavy atom. The van der Waals surface area contributed by atoms with E-state index in [0.717, 1.165) is 83.5 Å². The van der Waals surface area contributed by atoms with Crippen LogP contribution in [0.15, 0.2) is 182 Å². The first-order valence-corrected chi connectivity index (χ1v) is 26.0. The summed E-state index contributed by atoms with van der Waals surface area (Å²) in [5.74, 6) is -1.10. The van der Waals surface area contributed by atoms with E-state index in [1.165, 1.54) is 32.1 Å². The Balaban J connectivity index is 4.67. The Bertz CT molecular complexity index is 1680. The predicted octanol–water partition coefficient (Wildman–Crippen LogP) is 17.4. The van der Waals surface area contributed by atoms with E-state index in [0.29, 0.717) is 12.8 Å². The standard InChI is InChI=1S/C62H90O6/c1-4-7-10-13-16-19-22-25-27-29-31-33-34-37-40-43-46-49-52-55-61(64)67-58-59(57-66-60(63)54-51-48-45-42-39-36-24-21-18-15-12-9-6-3)68-62(65)56-53-50-47-44-41-38-35-32-30-28-26-23-20-17-14-11-8-5-2/h7,9-10,12-13,15-16,18-19,21-37,39-40,42,45,59H,4-6,8,11,14,17,20,38,41,43-44,46-58H2,1-3H3/b10-7+,12-9+,16-13+,18-15+,22-19+,24-21+,26-23+,27-25+,30-28+,31-29+,34-33+,35-32+,39-36+,40-37+,45-42+. The number of hydrogen-bond donors (Lipinski definition) is 0. The van der Waals surface area contributed by atoms with Gasteiger partial charge in [0.1, 0.15) is 13.2 Å². The lowest BCUT2D eigenvalue weighted by atomic mass is 10.1. The van der Waals surface area contributed by atoms with E-state index in [9.17, 15) is 14.4 Å². The van der Waals surface area contributed by atoms with Crippen molar-refractivity contribution in [2.45, 2.75) is 175 Å². The maximum absolute atomic E-state index is 12.8. The van der Waals surface area contributed by atoms with Gasteiger partial charge >= 0.3 is 17.9 Å². The third kappa shape index (κ3) is 51.5. The van der Waals surface area contributed by atoms with Crippen LogP contribution in [0, 0.1) is 0 Å². The molecular weight excluding hydrogens is 841 g/mol. The molecular formula is C62H90O6. The van der Waals surface area contributed by atoms with E-state index in [1.807, 2.05) is 128 Å². The van der Waals surface area contributed by atoms with Crippen LogP contribution in [0.25, 0.3) is 0 Å². The smallest absolute Gasteiger partial charge is 0.306 e. The summed E-state index contributed by atoms with van der Waals surface area (Å²) in [6, 6.07) is 0. The van der Waals surface area contributed by atoms with Crippen LogP contribution in [0.5, 0.6) is 0 Å². The number of hydrogen-bond acceptors (Lipinski definition) is 6. The quantitative estimate of drug-likeness (QED) is 0.0262. The van der Waals surface area contributed by atoms with Crippen molar-refractivity contribution in [1.82, 2.24) is 0 Å². The molecule has 0 fully saturated rings. The van der Waals surface area contributed by atoms with Crippen molar-refractivity contribution in [2.75, 3.05) is 13.2 Å². The van der Waals surface area contributed by atoms with Gasteiger partial charge in [0.05, 0.1) is 0 Å². The number of esters is 3. The normalized spacial score (nSPS) is 13.6. The minimum Gasteiger partial charge on any atom is -0.462 e. The minimum atomic E-state index is -0.848. The highest BCUT2D eigenvalue weighted by molar-refractivity contribution is 5.71. The second-order valence-electron chi connectivity index (χ2n) is 16.3. The van der Waals surface area contributed by atoms with Crippen molar-refractivity contribution in [3.63, 3.8) is 0 Å². The molecule has 1 unspecified atom stereocenters. The second-order valence-corrected chi connectivity index (χ2v) is 16.3. The van der Waals surface area contributed by atoms with Crippen molar-refractivity contribution >= 4 is 17.9 Å². The zero-order chi connectivity index (χ0) is 49.3. The summed E-state index contributed by atoms with van der Waals surface area (Å²) in [7, 11) is 0. The zero-order valence-electron chi connectivity index (χ0n) is 42.5. The molecule has 1 atom stereocenters. The van der Waals surface area contributed by atoms with Crippen molar-refractivity contribution in [3.05, 3.63) is 182 Å². The van der Waals surface area contributed by atoms with Crippen LogP contribution >= 0.6 is 0 Å². The van der Waals surface area contributed by atoms with E-state index < -0.39 is 6.10 Å². The molecule has 0 rings (SSSR count). The summed E-state index contributed by atoms with van der Waals surface area (Å²) < 4.78 is 16.7. The molecule has 0 amide bonds. The van der Waals surface area contributed by atoms with Gasteiger partial charge in [-0.2, -0.15) is 0 Å². The minimum absolute atomic E-state index is 0.144. The van der Waals surface area contributed by atoms with Gasteiger partial charge < -0.3 is 14.2 Å². The predicted molar refractivity (Wildman–Crippen MR) is 292 cm³/mol. The molecule has 374 valence electrons. The van der Waals surface area contributed by atoms with Gasteiger partial charge in [-0.3, -0.25) is 14.4 Å². The molecule has 0 spiro atoms. The molecule has 0 saturated heterocycles. The highest BCUT2D eigenvalue weighted by Crippen LogP contribution is 2.11. The van der Waals surface area contributed by atoms with E-state index >= 15 is 0 Å². The monoisotopic (exact) mass is 931 g/mol. The number of rotatable bonds is 43. The maximum atomic E-state index is 12.8. The zero-order valence-corrected chi connectivity index (χ0v) is 42.5. The first-order valence-electron chi connectivity index (χ1n) is 26.0. The van der Waals surface area contributed by atoms with E-state index in [4.69, 9.17) is 14.2 Å². The molecule has 0 aromatic heterocycles. The number of carbonyl (C=O) groups is 3. The van der Waals surface area contributed by atoms with Crippen molar-refractivity contribution in [3.8, 4) is 0 Å². The van der Waals surface area contributed by atoms with E-state index in [-0.39, 0.29) is 50.4 Å². The lowest BCUT2D eigenvalue weighted by molar-refractivity contribution is -0.167. The van der Waals surface area contributed by atoms with Gasteiger partial charge in [-0.15, -0.1) is 0 Å². The Morgan fingerprint density at radius 3 is 0.971 bits per heavy atom. The third-order valence-corrected chi connectivity index (χ3v) is 10.0. The summed E-state index contributed by atoms with van der Waals surface area (Å²) in [6.07, 6.45) is 81.6. The highest BCUT2D eigenvalue weighted by Gasteiger charge is 2.19. The summed E-state index contributed by atoms with van der Waals surface area (Å²) in [5, 5.41) is 0. The summed E-state index contributed by atoms with van der Waals surface area (Å²) in [5.41, 5.74) is 0. The number of allylic oxidation sites excluding steroid dienone is 30. The Kier molecular flexibility index (Phi) is 49.7. The molecule has 0 saturated carbocycles. The fraction of sp³-hybridized carbons (Fsp3) is 0.468. The second kappa shape index (κ2) is 54.1. The van der Waals surface area contributed by atoms with E-state index in [2.05, 4.69) is 75.5 Å². The lowest BCUT2D eigenvalue weighted by Crippen LogP contribution is -2.30. The molecule has 0 aromatic rings. The van der Waals surface area contributed by atoms with Crippen LogP contribution in [0.4, 0.5) is 0 Å². The lowest BCUT2D eigenvalue weighted by Gasteiger charge is -2.18. The van der Waals surface area contributed by atoms with Gasteiger partial charge in [0.15, 0.2) is 6.10 Å². The SMILES string of the molecule is CC/C=C/C=C/C=C/C=C/C=C/C=C/C=C/CCCCCC(=O)OCC(COC(=O)CCC/C=C/C=C/C=C/C=C/C=C/CC)OC(=O)CCCCCCC/C=C/C=C/C=C/CCCCCCC. The largest absolute Gasteiger partial charge is 0.462 e. The number of carbonyl (C=O) groups excluding carboxylic acids is 3. The van der Waals surface area contributed by atoms with Crippen LogP contribution in [-0.2, 0) is 28.6 Å². The van der Waals surface area contributed by atoms with Gasteiger partial charge in [0, 0.05) is 19.3 Å². The molecule has 0 aliphatic rings. The molecule has 0 bridgehead atoms. The molecule has 6 heteroatoms. The van der Waals surface area contributed by atoms with Crippen molar-refractivity contribution in [2.24, 2.45) is 0 Å². The van der Waals surface area contributed by atoms with Crippen LogP contribution in [0.1, 0.15) is 168 Å². The first kappa shape index (κ1) is 62.5. The van der Waals surface area contributed by atoms with Gasteiger partial charge in [-0.1, -0.05) is 254 Å². The fourth-order valence-corrected chi connectivity index (χ4v) is 6.16. The number of unbranched alkanes of at least 4 members (excludes halogenated alkanes) is 14. The van der Waals surface area contributed by atoms with E-state index in [1.54, 1.807) is 0 Å². The molecule has 0 heterocycles. The summed E-state index contributed by atoms with van der Waals surface area (Å²) >= 11 is 0. The third-order valence-electron chi connectivity index (χ3n) is 10.0. The van der Waals surface area contributed by atoms with Crippen LogP contribution < -0.4 is 0 Å². The highest BCUT2D eigenvalue weighted by atomic mass is 16.6. The molecule has 68 heavy (non-hydrogen) atoms. The van der Waals surface area contributed by atoms with Crippen LogP contribution in [0.3, 0.4) is 0 Å². The Labute approximate surface area is 414 Å². The topological polar surface area (TPSA) is 78.9 Å². The molecule has 0 aromatic carbocycles. The molecule has 6 nitrogen and oxygen atoms in total. The van der Waals surface area contributed by atoms with Crippen LogP contribution in [0.2, 0.25) is 0 Å². The summed E-state index contributed by atoms with van der Waals surface area (Å²) in [6.45, 7) is 6.17. The average Bonchev–Trinajstić information content (AvgIpc) is 3.34. The van der Waals surface area contributed by atoms with Crippen LogP contribution in [-0.4, -0.2) is 37.2 Å². The van der Waals surface area contributed by atoms with Gasteiger partial charge in [0.25, 0.3) is 0 Å². The molecule has 0 aliphatic heterocycles. The maximum Gasteiger partial charge on any atom is 0.306 e. The first-order chi connectivity index (χ1) is 33.5. The van der Waals surface area contributed by atoms with Gasteiger partial charge in [-0.25, -0.2) is 0 Å². The molecule has 0 radical (unpaired) electrons. The van der Waals surface area contributed by atoms with Gasteiger partial charge in [0.2, 0.25) is 0 Å². The van der Waals surface area contributed by atoms with Crippen molar-refractivity contribution in [1.29, 1.82) is 0 Å².